The fraction of sp³-hybridized carbons (Fsp3) is 0.308. The summed E-state index contributed by atoms with van der Waals surface area (Å²) in [6, 6.07) is 21.8. The summed E-state index contributed by atoms with van der Waals surface area (Å²) in [5, 5.41) is 4.23. The summed E-state index contributed by atoms with van der Waals surface area (Å²) < 4.78 is 26.8. The Bertz CT molecular complexity index is 1240. The number of carbonyl (C=O) groups excluding carboxylic acids is 2. The van der Waals surface area contributed by atoms with Crippen LogP contribution in [-0.4, -0.2) is 57.6 Å². The predicted octanol–water partition coefficient (Wildman–Crippen LogP) is 3.20. The highest BCUT2D eigenvalue weighted by molar-refractivity contribution is 7.92. The molecule has 0 heterocycles. The maximum atomic E-state index is 13.6. The Kier molecular flexibility index (Phi) is 8.28. The SMILES string of the molecule is CCC(C(=O)NC)N(CCc1ccccc1)C(=O)CN(c1cccc2ccccc12)S(C)(=O)=O. The summed E-state index contributed by atoms with van der Waals surface area (Å²) in [4.78, 5) is 27.7. The molecule has 8 heteroatoms. The number of amides is 2. The first-order chi connectivity index (χ1) is 16.3. The van der Waals surface area contributed by atoms with Crippen molar-refractivity contribution in [2.75, 3.05) is 30.7 Å². The first-order valence-electron chi connectivity index (χ1n) is 11.3. The average molecular weight is 482 g/mol. The lowest BCUT2D eigenvalue weighted by molar-refractivity contribution is -0.139. The normalized spacial score (nSPS) is 12.2. The molecule has 0 fully saturated rings. The largest absolute Gasteiger partial charge is 0.357 e. The highest BCUT2D eigenvalue weighted by Crippen LogP contribution is 2.28. The highest BCUT2D eigenvalue weighted by Gasteiger charge is 2.31. The Balaban J connectivity index is 1.96. The van der Waals surface area contributed by atoms with Crippen molar-refractivity contribution in [2.45, 2.75) is 25.8 Å². The molecular formula is C26H31N3O4S. The molecule has 0 bridgehead atoms. The number of carbonyl (C=O) groups is 2. The molecule has 34 heavy (non-hydrogen) atoms. The molecule has 0 saturated heterocycles. The molecule has 2 amide bonds. The third-order valence-electron chi connectivity index (χ3n) is 5.83. The molecule has 3 aromatic carbocycles. The van der Waals surface area contributed by atoms with E-state index in [1.807, 2.05) is 67.6 Å². The molecule has 180 valence electrons. The zero-order valence-electron chi connectivity index (χ0n) is 19.8. The van der Waals surface area contributed by atoms with Gasteiger partial charge in [-0.1, -0.05) is 73.7 Å². The van der Waals surface area contributed by atoms with Crippen LogP contribution in [-0.2, 0) is 26.0 Å². The molecule has 1 atom stereocenters. The number of anilines is 1. The minimum absolute atomic E-state index is 0.278. The van der Waals surface area contributed by atoms with E-state index in [9.17, 15) is 18.0 Å². The second kappa shape index (κ2) is 11.2. The van der Waals surface area contributed by atoms with Crippen LogP contribution < -0.4 is 9.62 Å². The summed E-state index contributed by atoms with van der Waals surface area (Å²) in [5.41, 5.74) is 1.46. The maximum Gasteiger partial charge on any atom is 0.244 e. The molecule has 0 saturated carbocycles. The lowest BCUT2D eigenvalue weighted by Gasteiger charge is -2.32. The van der Waals surface area contributed by atoms with Crippen LogP contribution in [0.5, 0.6) is 0 Å². The van der Waals surface area contributed by atoms with Gasteiger partial charge in [-0.05, 0) is 29.9 Å². The minimum Gasteiger partial charge on any atom is -0.357 e. The Hall–Kier alpha value is -3.39. The van der Waals surface area contributed by atoms with Gasteiger partial charge in [-0.25, -0.2) is 8.42 Å². The van der Waals surface area contributed by atoms with E-state index in [-0.39, 0.29) is 5.91 Å². The molecule has 1 N–H and O–H groups in total. The van der Waals surface area contributed by atoms with Crippen molar-refractivity contribution in [2.24, 2.45) is 0 Å². The van der Waals surface area contributed by atoms with Crippen molar-refractivity contribution in [3.05, 3.63) is 78.4 Å². The van der Waals surface area contributed by atoms with Crippen molar-refractivity contribution in [3.63, 3.8) is 0 Å². The van der Waals surface area contributed by atoms with E-state index >= 15 is 0 Å². The second-order valence-corrected chi connectivity index (χ2v) is 10.0. The van der Waals surface area contributed by atoms with Crippen molar-refractivity contribution in [1.82, 2.24) is 10.2 Å². The van der Waals surface area contributed by atoms with Crippen LogP contribution in [0.25, 0.3) is 10.8 Å². The summed E-state index contributed by atoms with van der Waals surface area (Å²) in [6.45, 7) is 1.73. The smallest absolute Gasteiger partial charge is 0.244 e. The van der Waals surface area contributed by atoms with Gasteiger partial charge < -0.3 is 10.2 Å². The van der Waals surface area contributed by atoms with Crippen molar-refractivity contribution in [3.8, 4) is 0 Å². The number of fused-ring (bicyclic) bond motifs is 1. The van der Waals surface area contributed by atoms with E-state index in [1.54, 1.807) is 12.1 Å². The predicted molar refractivity (Wildman–Crippen MR) is 136 cm³/mol. The van der Waals surface area contributed by atoms with Gasteiger partial charge >= 0.3 is 0 Å². The van der Waals surface area contributed by atoms with Crippen LogP contribution in [0.4, 0.5) is 5.69 Å². The topological polar surface area (TPSA) is 86.8 Å². The number of sulfonamides is 1. The van der Waals surface area contributed by atoms with Crippen LogP contribution in [0.1, 0.15) is 18.9 Å². The van der Waals surface area contributed by atoms with E-state index in [1.165, 1.54) is 11.9 Å². The van der Waals surface area contributed by atoms with Crippen molar-refractivity contribution in [1.29, 1.82) is 0 Å². The molecular weight excluding hydrogens is 450 g/mol. The van der Waals surface area contributed by atoms with Gasteiger partial charge in [0.15, 0.2) is 0 Å². The number of rotatable bonds is 10. The maximum absolute atomic E-state index is 13.6. The summed E-state index contributed by atoms with van der Waals surface area (Å²) >= 11 is 0. The standard InChI is InChI=1S/C26H31N3O4S/c1-4-23(26(31)27-2)28(18-17-20-11-6-5-7-12-20)25(30)19-29(34(3,32)33)24-16-10-14-21-13-8-9-15-22(21)24/h5-16,23H,4,17-19H2,1-3H3,(H,27,31). The number of nitrogens with zero attached hydrogens (tertiary/aromatic N) is 2. The van der Waals surface area contributed by atoms with Gasteiger partial charge in [0.1, 0.15) is 12.6 Å². The van der Waals surface area contributed by atoms with E-state index in [0.717, 1.165) is 26.9 Å². The summed E-state index contributed by atoms with van der Waals surface area (Å²) in [6.07, 6.45) is 2.05. The number of nitrogens with one attached hydrogen (secondary N) is 1. The van der Waals surface area contributed by atoms with Crippen LogP contribution in [0.3, 0.4) is 0 Å². The van der Waals surface area contributed by atoms with Crippen LogP contribution in [0.15, 0.2) is 72.8 Å². The van der Waals surface area contributed by atoms with Crippen LogP contribution in [0.2, 0.25) is 0 Å². The van der Waals surface area contributed by atoms with Crippen molar-refractivity contribution < 1.29 is 18.0 Å². The van der Waals surface area contributed by atoms with Gasteiger partial charge in [0, 0.05) is 19.0 Å². The first-order valence-corrected chi connectivity index (χ1v) is 13.1. The molecule has 0 aliphatic heterocycles. The lowest BCUT2D eigenvalue weighted by atomic mass is 10.1. The van der Waals surface area contributed by atoms with Gasteiger partial charge in [0.25, 0.3) is 0 Å². The molecule has 0 aliphatic rings. The van der Waals surface area contributed by atoms with Gasteiger partial charge in [0.05, 0.1) is 11.9 Å². The van der Waals surface area contributed by atoms with Gasteiger partial charge in [-0.15, -0.1) is 0 Å². The minimum atomic E-state index is -3.78. The van der Waals surface area contributed by atoms with Gasteiger partial charge in [0.2, 0.25) is 21.8 Å². The van der Waals surface area contributed by atoms with Gasteiger partial charge in [-0.2, -0.15) is 0 Å². The van der Waals surface area contributed by atoms with Gasteiger partial charge in [-0.3, -0.25) is 13.9 Å². The Labute approximate surface area is 201 Å². The third-order valence-corrected chi connectivity index (χ3v) is 6.96. The Morgan fingerprint density at radius 2 is 1.59 bits per heavy atom. The molecule has 7 nitrogen and oxygen atoms in total. The average Bonchev–Trinajstić information content (AvgIpc) is 2.84. The summed E-state index contributed by atoms with van der Waals surface area (Å²) in [7, 11) is -2.25. The monoisotopic (exact) mass is 481 g/mol. The molecule has 0 spiro atoms. The van der Waals surface area contributed by atoms with E-state index in [2.05, 4.69) is 5.32 Å². The quantitative estimate of drug-likeness (QED) is 0.482. The number of hydrogen-bond acceptors (Lipinski definition) is 4. The molecule has 0 aromatic heterocycles. The zero-order chi connectivity index (χ0) is 24.7. The third kappa shape index (κ3) is 5.94. The summed E-state index contributed by atoms with van der Waals surface area (Å²) in [5.74, 6) is -0.704. The second-order valence-electron chi connectivity index (χ2n) is 8.13. The Morgan fingerprint density at radius 3 is 2.24 bits per heavy atom. The number of benzene rings is 3. The fourth-order valence-electron chi connectivity index (χ4n) is 4.08. The highest BCUT2D eigenvalue weighted by atomic mass is 32.2. The molecule has 0 aliphatic carbocycles. The molecule has 1 unspecified atom stereocenters. The van der Waals surface area contributed by atoms with Crippen molar-refractivity contribution >= 4 is 38.3 Å². The molecule has 0 radical (unpaired) electrons. The Morgan fingerprint density at radius 1 is 0.941 bits per heavy atom. The first kappa shape index (κ1) is 25.2. The van der Waals surface area contributed by atoms with E-state index in [0.29, 0.717) is 25.1 Å². The van der Waals surface area contributed by atoms with E-state index < -0.39 is 28.5 Å². The molecule has 3 rings (SSSR count). The number of hydrogen-bond donors (Lipinski definition) is 1. The van der Waals surface area contributed by atoms with E-state index in [4.69, 9.17) is 0 Å². The molecule has 3 aromatic rings. The lowest BCUT2D eigenvalue weighted by Crippen LogP contribution is -2.52. The number of likely N-dealkylation sites (N-methyl/N-ethyl adjacent to an activating group) is 1. The van der Waals surface area contributed by atoms with Crippen LogP contribution in [0, 0.1) is 0 Å². The van der Waals surface area contributed by atoms with Crippen LogP contribution >= 0.6 is 0 Å². The fourth-order valence-corrected chi connectivity index (χ4v) is 4.94. The zero-order valence-corrected chi connectivity index (χ0v) is 20.6.